The lowest BCUT2D eigenvalue weighted by Crippen LogP contribution is -1.92. The molecular formula is C24H18S2. The molecule has 0 bridgehead atoms. The van der Waals surface area contributed by atoms with Gasteiger partial charge in [-0.3, -0.25) is 0 Å². The largest absolute Gasteiger partial charge is 0.110 e. The number of thioether (sulfide) groups is 2. The van der Waals surface area contributed by atoms with Crippen molar-refractivity contribution in [1.82, 2.24) is 0 Å². The molecule has 4 aromatic rings. The summed E-state index contributed by atoms with van der Waals surface area (Å²) in [5, 5.41) is 5.29. The van der Waals surface area contributed by atoms with Gasteiger partial charge in [0.1, 0.15) is 0 Å². The summed E-state index contributed by atoms with van der Waals surface area (Å²) in [4.78, 5) is 2.75. The summed E-state index contributed by atoms with van der Waals surface area (Å²) in [7, 11) is 0. The van der Waals surface area contributed by atoms with E-state index in [1.807, 2.05) is 29.6 Å². The van der Waals surface area contributed by atoms with Crippen molar-refractivity contribution in [2.45, 2.75) is 20.8 Å². The van der Waals surface area contributed by atoms with Crippen molar-refractivity contribution in [3.05, 3.63) is 85.5 Å². The molecule has 26 heavy (non-hydrogen) atoms. The predicted molar refractivity (Wildman–Crippen MR) is 117 cm³/mol. The van der Waals surface area contributed by atoms with E-state index >= 15 is 0 Å². The van der Waals surface area contributed by atoms with Crippen LogP contribution in [0.15, 0.2) is 95.2 Å². The van der Waals surface area contributed by atoms with E-state index in [0.29, 0.717) is 4.58 Å². The van der Waals surface area contributed by atoms with Crippen molar-refractivity contribution in [2.24, 2.45) is 0 Å². The molecule has 4 aromatic carbocycles. The van der Waals surface area contributed by atoms with Crippen LogP contribution < -0.4 is 0 Å². The van der Waals surface area contributed by atoms with Crippen LogP contribution in [-0.4, -0.2) is 4.58 Å². The second kappa shape index (κ2) is 6.53. The van der Waals surface area contributed by atoms with E-state index in [1.54, 1.807) is 0 Å². The Morgan fingerprint density at radius 2 is 1.19 bits per heavy atom. The molecule has 0 fully saturated rings. The average Bonchev–Trinajstić information content (AvgIpc) is 2.84. The summed E-state index contributed by atoms with van der Waals surface area (Å²) in [6.07, 6.45) is 3.03. The Bertz CT molecular complexity index is 1060. The first-order valence-electron chi connectivity index (χ1n) is 8.83. The van der Waals surface area contributed by atoms with Crippen LogP contribution in [0, 0.1) is 0 Å². The van der Waals surface area contributed by atoms with Crippen molar-refractivity contribution < 1.29 is 0 Å². The molecule has 0 aliphatic carbocycles. The van der Waals surface area contributed by atoms with Crippen molar-refractivity contribution in [3.8, 4) is 11.1 Å². The van der Waals surface area contributed by atoms with E-state index in [9.17, 15) is 0 Å². The van der Waals surface area contributed by atoms with Crippen LogP contribution in [0.1, 0.15) is 6.42 Å². The van der Waals surface area contributed by atoms with E-state index in [2.05, 4.69) is 79.4 Å². The van der Waals surface area contributed by atoms with Gasteiger partial charge >= 0.3 is 0 Å². The van der Waals surface area contributed by atoms with E-state index in [0.717, 1.165) is 6.42 Å². The molecule has 0 atom stereocenters. The van der Waals surface area contributed by atoms with Crippen molar-refractivity contribution >= 4 is 45.1 Å². The molecule has 1 heterocycles. The summed E-state index contributed by atoms with van der Waals surface area (Å²) in [6, 6.07) is 26.6. The third-order valence-corrected chi connectivity index (χ3v) is 7.58. The van der Waals surface area contributed by atoms with Gasteiger partial charge in [-0.1, -0.05) is 66.7 Å². The van der Waals surface area contributed by atoms with Gasteiger partial charge in [-0.05, 0) is 40.1 Å². The molecule has 0 radical (unpaired) electrons. The van der Waals surface area contributed by atoms with Crippen LogP contribution in [0.25, 0.3) is 32.7 Å². The molecule has 5 rings (SSSR count). The molecule has 126 valence electrons. The number of hydrogen-bond acceptors (Lipinski definition) is 2. The summed E-state index contributed by atoms with van der Waals surface area (Å²) in [6.45, 7) is 3.97. The lowest BCUT2D eigenvalue weighted by molar-refractivity contribution is 1.18. The quantitative estimate of drug-likeness (QED) is 0.331. The molecule has 0 amide bonds. The molecule has 0 N–H and O–H groups in total. The number of rotatable bonds is 2. The lowest BCUT2D eigenvalue weighted by atomic mass is 9.94. The monoisotopic (exact) mass is 370 g/mol. The Morgan fingerprint density at radius 1 is 0.692 bits per heavy atom. The summed E-state index contributed by atoms with van der Waals surface area (Å²) in [5.41, 5.74) is 2.78. The normalized spacial score (nSPS) is 14.0. The highest BCUT2D eigenvalue weighted by molar-refractivity contribution is 8.17. The first kappa shape index (κ1) is 16.0. The molecule has 2 heteroatoms. The maximum atomic E-state index is 3.97. The molecule has 0 saturated carbocycles. The number of hydrogen-bond donors (Lipinski definition) is 0. The predicted octanol–water partition coefficient (Wildman–Crippen LogP) is 7.76. The van der Waals surface area contributed by atoms with Gasteiger partial charge in [-0.2, -0.15) is 0 Å². The van der Waals surface area contributed by atoms with Crippen molar-refractivity contribution in [1.29, 1.82) is 0 Å². The van der Waals surface area contributed by atoms with Crippen LogP contribution in [0.4, 0.5) is 0 Å². The molecule has 1 aliphatic rings. The lowest BCUT2D eigenvalue weighted by Gasteiger charge is -2.15. The van der Waals surface area contributed by atoms with Crippen LogP contribution in [-0.2, 0) is 0 Å². The maximum absolute atomic E-state index is 3.97. The molecule has 0 spiro atoms. The highest BCUT2D eigenvalue weighted by atomic mass is 32.2. The Morgan fingerprint density at radius 3 is 1.69 bits per heavy atom. The van der Waals surface area contributed by atoms with Crippen LogP contribution in [0.5, 0.6) is 0 Å². The Hall–Kier alpha value is -2.16. The summed E-state index contributed by atoms with van der Waals surface area (Å²) in [5.74, 6) is 0. The first-order chi connectivity index (χ1) is 12.8. The average molecular weight is 371 g/mol. The highest BCUT2D eigenvalue weighted by Crippen LogP contribution is 2.52. The SMILES string of the molecule is C=CCC1Sc2ccc3ccccc3c2-c2c(ccc3ccccc23)S1. The van der Waals surface area contributed by atoms with Gasteiger partial charge in [0.05, 0.1) is 4.58 Å². The molecule has 1 aliphatic heterocycles. The minimum absolute atomic E-state index is 0.454. The van der Waals surface area contributed by atoms with E-state index in [-0.39, 0.29) is 0 Å². The van der Waals surface area contributed by atoms with E-state index < -0.39 is 0 Å². The van der Waals surface area contributed by atoms with Crippen molar-refractivity contribution in [3.63, 3.8) is 0 Å². The maximum Gasteiger partial charge on any atom is 0.0631 e. The van der Waals surface area contributed by atoms with Crippen LogP contribution in [0.3, 0.4) is 0 Å². The zero-order chi connectivity index (χ0) is 17.5. The molecular weight excluding hydrogens is 352 g/mol. The van der Waals surface area contributed by atoms with Crippen LogP contribution in [0.2, 0.25) is 0 Å². The third kappa shape index (κ3) is 2.56. The fraction of sp³-hybridized carbons (Fsp3) is 0.0833. The first-order valence-corrected chi connectivity index (χ1v) is 10.6. The van der Waals surface area contributed by atoms with Crippen molar-refractivity contribution in [2.75, 3.05) is 0 Å². The fourth-order valence-corrected chi connectivity index (χ4v) is 6.55. The van der Waals surface area contributed by atoms with Gasteiger partial charge < -0.3 is 0 Å². The molecule has 0 nitrogen and oxygen atoms in total. The van der Waals surface area contributed by atoms with Gasteiger partial charge in [0.25, 0.3) is 0 Å². The second-order valence-corrected chi connectivity index (χ2v) is 9.30. The minimum atomic E-state index is 0.454. The van der Waals surface area contributed by atoms with E-state index in [1.165, 1.54) is 42.5 Å². The Balaban J connectivity index is 1.92. The Labute approximate surface area is 162 Å². The summed E-state index contributed by atoms with van der Waals surface area (Å²) >= 11 is 3.95. The Kier molecular flexibility index (Phi) is 4.03. The number of allylic oxidation sites excluding steroid dienone is 1. The minimum Gasteiger partial charge on any atom is -0.110 e. The molecule has 0 unspecified atom stereocenters. The van der Waals surface area contributed by atoms with Crippen LogP contribution >= 0.6 is 23.5 Å². The zero-order valence-corrected chi connectivity index (χ0v) is 15.9. The molecule has 0 saturated heterocycles. The summed E-state index contributed by atoms with van der Waals surface area (Å²) < 4.78 is 0.454. The molecule has 0 aromatic heterocycles. The standard InChI is InChI=1S/C24H18S2/c1-2-7-22-25-20-14-12-16-8-3-5-10-18(16)23(20)24-19-11-6-4-9-17(19)13-15-21(24)26-22/h2-6,8-15,22H,1,7H2. The van der Waals surface area contributed by atoms with E-state index in [4.69, 9.17) is 0 Å². The highest BCUT2D eigenvalue weighted by Gasteiger charge is 2.24. The number of benzene rings is 4. The van der Waals surface area contributed by atoms with Gasteiger partial charge in [-0.25, -0.2) is 0 Å². The fourth-order valence-electron chi connectivity index (χ4n) is 3.75. The zero-order valence-electron chi connectivity index (χ0n) is 14.3. The second-order valence-electron chi connectivity index (χ2n) is 6.51. The van der Waals surface area contributed by atoms with Gasteiger partial charge in [0, 0.05) is 20.9 Å². The number of fused-ring (bicyclic) bond motifs is 7. The smallest absolute Gasteiger partial charge is 0.0631 e. The third-order valence-electron chi connectivity index (χ3n) is 4.91. The van der Waals surface area contributed by atoms with Gasteiger partial charge in [0.2, 0.25) is 0 Å². The van der Waals surface area contributed by atoms with Gasteiger partial charge in [0.15, 0.2) is 0 Å². The van der Waals surface area contributed by atoms with Gasteiger partial charge in [-0.15, -0.1) is 30.1 Å². The topological polar surface area (TPSA) is 0 Å².